The summed E-state index contributed by atoms with van der Waals surface area (Å²) in [5.41, 5.74) is 0.328. The van der Waals surface area contributed by atoms with Gasteiger partial charge in [-0.3, -0.25) is 9.59 Å². The third-order valence-corrected chi connectivity index (χ3v) is 5.51. The van der Waals surface area contributed by atoms with Crippen molar-refractivity contribution >= 4 is 11.6 Å². The first kappa shape index (κ1) is 25.1. The molecule has 4 aromatic carbocycles. The molecular weight excluding hydrogens is 464 g/mol. The van der Waals surface area contributed by atoms with Crippen molar-refractivity contribution in [3.05, 3.63) is 144 Å². The van der Waals surface area contributed by atoms with Crippen LogP contribution < -0.4 is 0 Å². The molecule has 0 amide bonds. The van der Waals surface area contributed by atoms with E-state index in [2.05, 4.69) is 9.78 Å². The number of Topliss-reactive ketones (excluding diaryl/α,β-unsaturated/α-hetero) is 2. The van der Waals surface area contributed by atoms with Gasteiger partial charge in [-0.2, -0.15) is 19.6 Å². The Morgan fingerprint density at radius 2 is 0.750 bits per heavy atom. The Bertz CT molecular complexity index is 1180. The lowest BCUT2D eigenvalue weighted by molar-refractivity contribution is -0.556. The van der Waals surface area contributed by atoms with Crippen LogP contribution in [0.4, 0.5) is 0 Å². The van der Waals surface area contributed by atoms with E-state index in [-0.39, 0.29) is 22.3 Å². The molecule has 2 N–H and O–H groups in total. The average Bonchev–Trinajstić information content (AvgIpc) is 2.97. The highest BCUT2D eigenvalue weighted by atomic mass is 17.3. The van der Waals surface area contributed by atoms with E-state index >= 15 is 0 Å². The smallest absolute Gasteiger partial charge is 0.287 e. The van der Waals surface area contributed by atoms with Gasteiger partial charge in [-0.1, -0.05) is 121 Å². The molecule has 0 radical (unpaired) electrons. The monoisotopic (exact) mass is 486 g/mol. The van der Waals surface area contributed by atoms with Crippen molar-refractivity contribution in [3.63, 3.8) is 0 Å². The highest BCUT2D eigenvalue weighted by Crippen LogP contribution is 2.37. The SMILES string of the molecule is O=C(c1ccccc1)C(OO)(OOC(OO)(C(=O)c1ccccc1)c1ccccc1)c1ccccc1. The van der Waals surface area contributed by atoms with Gasteiger partial charge in [0.2, 0.25) is 11.6 Å². The number of carbonyl (C=O) groups excluding carboxylic acids is 2. The van der Waals surface area contributed by atoms with Crippen molar-refractivity contribution in [2.45, 2.75) is 11.6 Å². The molecule has 0 saturated heterocycles. The number of hydrogen-bond acceptors (Lipinski definition) is 8. The summed E-state index contributed by atoms with van der Waals surface area (Å²) in [7, 11) is 0. The van der Waals surface area contributed by atoms with Crippen molar-refractivity contribution in [2.24, 2.45) is 0 Å². The van der Waals surface area contributed by atoms with E-state index in [0.717, 1.165) is 0 Å². The minimum atomic E-state index is -2.59. The van der Waals surface area contributed by atoms with E-state index in [9.17, 15) is 20.1 Å². The number of benzene rings is 4. The van der Waals surface area contributed by atoms with Gasteiger partial charge in [-0.15, -0.1) is 0 Å². The quantitative estimate of drug-likeness (QED) is 0.126. The summed E-state index contributed by atoms with van der Waals surface area (Å²) >= 11 is 0. The van der Waals surface area contributed by atoms with Crippen molar-refractivity contribution in [1.29, 1.82) is 0 Å². The third kappa shape index (κ3) is 4.73. The Hall–Kier alpha value is -4.02. The maximum atomic E-state index is 13.6. The molecule has 182 valence electrons. The molecule has 8 heteroatoms. The number of hydrogen-bond donors (Lipinski definition) is 2. The molecule has 36 heavy (non-hydrogen) atoms. The zero-order chi connectivity index (χ0) is 25.4. The van der Waals surface area contributed by atoms with Gasteiger partial charge in [0, 0.05) is 22.3 Å². The summed E-state index contributed by atoms with van der Waals surface area (Å²) in [5.74, 6) is -6.86. The Morgan fingerprint density at radius 3 is 1.03 bits per heavy atom. The summed E-state index contributed by atoms with van der Waals surface area (Å²) in [6, 6.07) is 31.4. The topological polar surface area (TPSA) is 112 Å². The van der Waals surface area contributed by atoms with Crippen LogP contribution in [-0.2, 0) is 31.1 Å². The van der Waals surface area contributed by atoms with E-state index in [1.807, 2.05) is 0 Å². The maximum absolute atomic E-state index is 13.6. The van der Waals surface area contributed by atoms with E-state index in [4.69, 9.17) is 9.78 Å². The molecule has 2 atom stereocenters. The predicted octanol–water partition coefficient (Wildman–Crippen LogP) is 5.39. The summed E-state index contributed by atoms with van der Waals surface area (Å²) < 4.78 is 0. The lowest BCUT2D eigenvalue weighted by Gasteiger charge is -2.33. The Morgan fingerprint density at radius 1 is 0.472 bits per heavy atom. The maximum Gasteiger partial charge on any atom is 0.320 e. The van der Waals surface area contributed by atoms with E-state index < -0.39 is 23.1 Å². The molecule has 0 spiro atoms. The second-order valence-corrected chi connectivity index (χ2v) is 7.70. The third-order valence-electron chi connectivity index (χ3n) is 5.51. The zero-order valence-corrected chi connectivity index (χ0v) is 18.9. The minimum Gasteiger partial charge on any atom is -0.287 e. The zero-order valence-electron chi connectivity index (χ0n) is 18.9. The standard InChI is InChI=1S/C28H22O8/c29-25(21-13-5-1-6-14-21)27(33-31,23-17-9-3-10-18-23)35-36-28(34-32,24-19-11-4-12-20-24)26(30)22-15-7-2-8-16-22/h1-20,31-32H. The molecule has 8 nitrogen and oxygen atoms in total. The molecule has 0 bridgehead atoms. The first-order valence-electron chi connectivity index (χ1n) is 10.9. The number of carbonyl (C=O) groups is 2. The molecule has 4 rings (SSSR count). The van der Waals surface area contributed by atoms with Crippen molar-refractivity contribution in [2.75, 3.05) is 0 Å². The molecule has 0 aromatic heterocycles. The normalized spacial score (nSPS) is 14.4. The first-order chi connectivity index (χ1) is 17.6. The Kier molecular flexibility index (Phi) is 7.77. The van der Waals surface area contributed by atoms with Crippen LogP contribution in [0.25, 0.3) is 0 Å². The summed E-state index contributed by atoms with van der Waals surface area (Å²) in [6.07, 6.45) is 0. The summed E-state index contributed by atoms with van der Waals surface area (Å²) in [5, 5.41) is 20.1. The van der Waals surface area contributed by atoms with Crippen molar-refractivity contribution < 1.29 is 39.7 Å². The minimum absolute atomic E-state index is 0.0495. The fourth-order valence-electron chi connectivity index (χ4n) is 3.64. The Labute approximate surface area is 206 Å². The second kappa shape index (κ2) is 11.1. The molecular formula is C28H22O8. The van der Waals surface area contributed by atoms with Crippen molar-refractivity contribution in [3.8, 4) is 0 Å². The predicted molar refractivity (Wildman–Crippen MR) is 127 cm³/mol. The van der Waals surface area contributed by atoms with Crippen LogP contribution in [0.1, 0.15) is 31.8 Å². The van der Waals surface area contributed by atoms with Gasteiger partial charge in [0.1, 0.15) is 0 Å². The van der Waals surface area contributed by atoms with Crippen LogP contribution in [0.15, 0.2) is 121 Å². The lowest BCUT2D eigenvalue weighted by atomic mass is 9.95. The van der Waals surface area contributed by atoms with Crippen LogP contribution in [0.2, 0.25) is 0 Å². The molecule has 0 fully saturated rings. The molecule has 0 aliphatic rings. The van der Waals surface area contributed by atoms with Gasteiger partial charge in [-0.25, -0.2) is 10.5 Å². The van der Waals surface area contributed by atoms with Gasteiger partial charge in [0.25, 0.3) is 0 Å². The molecule has 0 aliphatic heterocycles. The van der Waals surface area contributed by atoms with Crippen LogP contribution in [-0.4, -0.2) is 22.1 Å². The fraction of sp³-hybridized carbons (Fsp3) is 0.0714. The molecule has 4 aromatic rings. The van der Waals surface area contributed by atoms with Gasteiger partial charge in [-0.05, 0) is 0 Å². The van der Waals surface area contributed by atoms with Crippen LogP contribution in [0.5, 0.6) is 0 Å². The summed E-state index contributed by atoms with van der Waals surface area (Å²) in [4.78, 5) is 47.5. The highest BCUT2D eigenvalue weighted by molar-refractivity contribution is 6.03. The largest absolute Gasteiger partial charge is 0.320 e. The average molecular weight is 486 g/mol. The molecule has 0 heterocycles. The summed E-state index contributed by atoms with van der Waals surface area (Å²) in [6.45, 7) is 0. The van der Waals surface area contributed by atoms with Gasteiger partial charge in [0.05, 0.1) is 0 Å². The number of rotatable bonds is 11. The van der Waals surface area contributed by atoms with E-state index in [1.165, 1.54) is 48.5 Å². The van der Waals surface area contributed by atoms with E-state index in [1.54, 1.807) is 72.8 Å². The molecule has 0 aliphatic carbocycles. The van der Waals surface area contributed by atoms with Gasteiger partial charge >= 0.3 is 11.6 Å². The molecule has 2 unspecified atom stereocenters. The Balaban J connectivity index is 1.82. The molecule has 0 saturated carbocycles. The second-order valence-electron chi connectivity index (χ2n) is 7.70. The van der Waals surface area contributed by atoms with Crippen LogP contribution in [0.3, 0.4) is 0 Å². The fourth-order valence-corrected chi connectivity index (χ4v) is 3.64. The van der Waals surface area contributed by atoms with Crippen LogP contribution >= 0.6 is 0 Å². The first-order valence-corrected chi connectivity index (χ1v) is 10.9. The highest BCUT2D eigenvalue weighted by Gasteiger charge is 2.52. The van der Waals surface area contributed by atoms with E-state index in [0.29, 0.717) is 0 Å². The van der Waals surface area contributed by atoms with Crippen LogP contribution in [0, 0.1) is 0 Å². The number of ketones is 2. The van der Waals surface area contributed by atoms with Gasteiger partial charge in [0.15, 0.2) is 0 Å². The van der Waals surface area contributed by atoms with Crippen molar-refractivity contribution in [1.82, 2.24) is 0 Å². The van der Waals surface area contributed by atoms with Gasteiger partial charge < -0.3 is 0 Å². The lowest BCUT2D eigenvalue weighted by Crippen LogP contribution is -2.47.